The van der Waals surface area contributed by atoms with E-state index in [0.29, 0.717) is 0 Å². The minimum Gasteiger partial charge on any atom is -0.481 e. The van der Waals surface area contributed by atoms with Crippen molar-refractivity contribution in [2.24, 2.45) is 0 Å². The lowest BCUT2D eigenvalue weighted by atomic mass is 10.2. The van der Waals surface area contributed by atoms with Crippen molar-refractivity contribution in [3.8, 4) is 10.6 Å². The Labute approximate surface area is 134 Å². The first-order valence-electron chi connectivity index (χ1n) is 6.69. The van der Waals surface area contributed by atoms with Gasteiger partial charge in [0.1, 0.15) is 5.01 Å². The molecule has 2 aromatic rings. The van der Waals surface area contributed by atoms with Crippen LogP contribution in [0.2, 0.25) is 0 Å². The van der Waals surface area contributed by atoms with Crippen LogP contribution in [0.5, 0.6) is 0 Å². The van der Waals surface area contributed by atoms with E-state index in [0.717, 1.165) is 28.5 Å². The molecular formula is C15H19ClN2O2S. The third-order valence-corrected chi connectivity index (χ3v) is 4.11. The molecule has 21 heavy (non-hydrogen) atoms. The van der Waals surface area contributed by atoms with Gasteiger partial charge in [0.25, 0.3) is 0 Å². The predicted molar refractivity (Wildman–Crippen MR) is 87.7 cm³/mol. The van der Waals surface area contributed by atoms with Gasteiger partial charge in [-0.15, -0.1) is 11.3 Å². The molecule has 114 valence electrons. The molecule has 4 nitrogen and oxygen atoms in total. The van der Waals surface area contributed by atoms with Gasteiger partial charge in [0.2, 0.25) is 0 Å². The summed E-state index contributed by atoms with van der Waals surface area (Å²) in [5, 5.41) is 9.49. The first kappa shape index (κ1) is 17.6. The highest BCUT2D eigenvalue weighted by Crippen LogP contribution is 2.24. The Morgan fingerprint density at radius 2 is 1.90 bits per heavy atom. The molecule has 1 heterocycles. The maximum absolute atomic E-state index is 10.5. The summed E-state index contributed by atoms with van der Waals surface area (Å²) in [5.74, 6) is -0.821. The number of hydrogen-bond acceptors (Lipinski definition) is 4. The van der Waals surface area contributed by atoms with Crippen molar-refractivity contribution < 1.29 is 9.90 Å². The molecule has 1 aromatic carbocycles. The first-order chi connectivity index (χ1) is 10.1. The maximum atomic E-state index is 10.5. The molecule has 0 bridgehead atoms. The van der Waals surface area contributed by atoms with Crippen molar-refractivity contribution in [2.45, 2.75) is 20.3 Å². The van der Waals surface area contributed by atoms with E-state index in [9.17, 15) is 4.79 Å². The number of aromatic nitrogens is 1. The van der Waals surface area contributed by atoms with Crippen LogP contribution in [-0.4, -0.2) is 33.6 Å². The van der Waals surface area contributed by atoms with Crippen LogP contribution in [-0.2, 0) is 11.2 Å². The zero-order chi connectivity index (χ0) is 15.7. The Morgan fingerprint density at radius 1 is 1.29 bits per heavy atom. The van der Waals surface area contributed by atoms with Gasteiger partial charge in [0, 0.05) is 29.7 Å². The van der Waals surface area contributed by atoms with Gasteiger partial charge in [-0.25, -0.2) is 9.40 Å². The highest BCUT2D eigenvalue weighted by atomic mass is 35.5. The summed E-state index contributed by atoms with van der Waals surface area (Å²) < 4.78 is 1.72. The Bertz CT molecular complexity index is 542. The lowest BCUT2D eigenvalue weighted by Crippen LogP contribution is -2.08. The molecule has 0 amide bonds. The van der Waals surface area contributed by atoms with Crippen molar-refractivity contribution in [3.05, 3.63) is 41.4 Å². The number of carboxylic acid groups (broad SMARTS) is 1. The minimum absolute atomic E-state index is 0.0461. The minimum atomic E-state index is -0.821. The average Bonchev–Trinajstić information content (AvgIpc) is 2.95. The second-order valence-electron chi connectivity index (χ2n) is 4.16. The summed E-state index contributed by atoms with van der Waals surface area (Å²) in [6.07, 6.45) is 1.67. The smallest absolute Gasteiger partial charge is 0.308 e. The van der Waals surface area contributed by atoms with Gasteiger partial charge >= 0.3 is 5.97 Å². The molecule has 0 atom stereocenters. The number of thiazole rings is 1. The number of nitrogens with zero attached hydrogens (tertiary/aromatic N) is 2. The van der Waals surface area contributed by atoms with E-state index in [-0.39, 0.29) is 6.42 Å². The van der Waals surface area contributed by atoms with Crippen LogP contribution in [0.15, 0.2) is 36.5 Å². The second kappa shape index (κ2) is 9.50. The summed E-state index contributed by atoms with van der Waals surface area (Å²) in [7, 11) is 0. The molecule has 0 aliphatic carbocycles. The summed E-state index contributed by atoms with van der Waals surface area (Å²) in [4.78, 5) is 15.5. The van der Waals surface area contributed by atoms with Crippen LogP contribution in [0.25, 0.3) is 10.6 Å². The third-order valence-electron chi connectivity index (χ3n) is 2.59. The number of halogens is 1. The van der Waals surface area contributed by atoms with Gasteiger partial charge in [0.15, 0.2) is 0 Å². The number of rotatable bonds is 5. The van der Waals surface area contributed by atoms with Crippen LogP contribution in [0.1, 0.15) is 18.7 Å². The topological polar surface area (TPSA) is 53.4 Å². The molecule has 1 aromatic heterocycles. The number of hydrogen-bond donors (Lipinski definition) is 1. The number of aliphatic carboxylic acids is 1. The Balaban J connectivity index is 0.000000315. The summed E-state index contributed by atoms with van der Waals surface area (Å²) in [6, 6.07) is 9.74. The summed E-state index contributed by atoms with van der Waals surface area (Å²) in [5.41, 5.74) is 1.03. The molecule has 0 spiro atoms. The van der Waals surface area contributed by atoms with Gasteiger partial charge in [0.05, 0.1) is 6.42 Å². The van der Waals surface area contributed by atoms with Gasteiger partial charge in [-0.3, -0.25) is 4.79 Å². The highest BCUT2D eigenvalue weighted by molar-refractivity contribution is 7.15. The Morgan fingerprint density at radius 3 is 2.38 bits per heavy atom. The molecule has 0 fully saturated rings. The molecule has 0 unspecified atom stereocenters. The van der Waals surface area contributed by atoms with E-state index in [4.69, 9.17) is 16.9 Å². The fraction of sp³-hybridized carbons (Fsp3) is 0.333. The zero-order valence-electron chi connectivity index (χ0n) is 12.1. The van der Waals surface area contributed by atoms with E-state index < -0.39 is 5.97 Å². The van der Waals surface area contributed by atoms with E-state index in [1.807, 2.05) is 44.2 Å². The van der Waals surface area contributed by atoms with E-state index in [1.165, 1.54) is 11.3 Å². The third kappa shape index (κ3) is 6.71. The summed E-state index contributed by atoms with van der Waals surface area (Å²) in [6.45, 7) is 5.91. The quantitative estimate of drug-likeness (QED) is 0.846. The van der Waals surface area contributed by atoms with Crippen LogP contribution in [0.4, 0.5) is 0 Å². The van der Waals surface area contributed by atoms with Gasteiger partial charge < -0.3 is 5.11 Å². The molecular weight excluding hydrogens is 308 g/mol. The van der Waals surface area contributed by atoms with Gasteiger partial charge in [-0.1, -0.05) is 44.2 Å². The van der Waals surface area contributed by atoms with Crippen LogP contribution >= 0.6 is 23.1 Å². The van der Waals surface area contributed by atoms with E-state index in [2.05, 4.69) is 4.98 Å². The molecule has 2 rings (SSSR count). The van der Waals surface area contributed by atoms with Crippen LogP contribution in [0.3, 0.4) is 0 Å². The standard InChI is InChI=1S/C11H9NO2S.C4H10ClN/c13-10(14)6-9-7-12-11(15-9)8-4-2-1-3-5-8;1-3-6(5)4-2/h1-5,7H,6H2,(H,13,14);3-4H2,1-2H3. The largest absolute Gasteiger partial charge is 0.481 e. The molecule has 6 heteroatoms. The van der Waals surface area contributed by atoms with E-state index in [1.54, 1.807) is 10.6 Å². The molecule has 0 saturated heterocycles. The van der Waals surface area contributed by atoms with Crippen molar-refractivity contribution in [1.82, 2.24) is 9.40 Å². The first-order valence-corrected chi connectivity index (χ1v) is 7.84. The van der Waals surface area contributed by atoms with Crippen molar-refractivity contribution in [2.75, 3.05) is 13.1 Å². The van der Waals surface area contributed by atoms with Crippen molar-refractivity contribution in [1.29, 1.82) is 0 Å². The molecule has 1 N–H and O–H groups in total. The maximum Gasteiger partial charge on any atom is 0.308 e. The normalized spacial score (nSPS) is 10.1. The van der Waals surface area contributed by atoms with Gasteiger partial charge in [-0.05, 0) is 11.8 Å². The molecule has 0 aliphatic rings. The predicted octanol–water partition coefficient (Wildman–Crippen LogP) is 3.92. The number of carboxylic acids is 1. The lowest BCUT2D eigenvalue weighted by Gasteiger charge is -2.03. The second-order valence-corrected chi connectivity index (χ2v) is 5.76. The molecule has 0 saturated carbocycles. The Hall–Kier alpha value is -1.43. The highest BCUT2D eigenvalue weighted by Gasteiger charge is 2.06. The van der Waals surface area contributed by atoms with Crippen molar-refractivity contribution in [3.63, 3.8) is 0 Å². The van der Waals surface area contributed by atoms with Crippen LogP contribution in [0, 0.1) is 0 Å². The monoisotopic (exact) mass is 326 g/mol. The fourth-order valence-electron chi connectivity index (χ4n) is 1.48. The average molecular weight is 327 g/mol. The van der Waals surface area contributed by atoms with Crippen molar-refractivity contribution >= 4 is 29.1 Å². The SMILES string of the molecule is CCN(Cl)CC.O=C(O)Cc1cnc(-c2ccccc2)s1. The molecule has 0 aliphatic heterocycles. The number of carbonyl (C=O) groups is 1. The van der Waals surface area contributed by atoms with Crippen LogP contribution < -0.4 is 0 Å². The summed E-state index contributed by atoms with van der Waals surface area (Å²) >= 11 is 6.91. The van der Waals surface area contributed by atoms with Gasteiger partial charge in [-0.2, -0.15) is 0 Å². The lowest BCUT2D eigenvalue weighted by molar-refractivity contribution is -0.136. The fourth-order valence-corrected chi connectivity index (χ4v) is 2.38. The Kier molecular flexibility index (Phi) is 7.97. The molecule has 0 radical (unpaired) electrons. The zero-order valence-corrected chi connectivity index (χ0v) is 13.7. The number of benzene rings is 1. The van der Waals surface area contributed by atoms with E-state index >= 15 is 0 Å².